The Bertz CT molecular complexity index is 595. The van der Waals surface area contributed by atoms with Gasteiger partial charge in [-0.05, 0) is 25.6 Å². The van der Waals surface area contributed by atoms with E-state index in [9.17, 15) is 5.11 Å². The zero-order valence-corrected chi connectivity index (χ0v) is 12.2. The molecule has 1 unspecified atom stereocenters. The molecule has 3 rings (SSSR count). The van der Waals surface area contributed by atoms with Crippen molar-refractivity contribution in [2.45, 2.75) is 26.5 Å². The molecule has 5 nitrogen and oxygen atoms in total. The minimum Gasteiger partial charge on any atom is -0.390 e. The van der Waals surface area contributed by atoms with Gasteiger partial charge in [-0.2, -0.15) is 0 Å². The van der Waals surface area contributed by atoms with Crippen LogP contribution >= 0.6 is 0 Å². The number of pyridine rings is 1. The number of hydrogen-bond donors (Lipinski definition) is 1. The molecule has 1 atom stereocenters. The molecule has 0 spiro atoms. The van der Waals surface area contributed by atoms with Crippen molar-refractivity contribution in [1.82, 2.24) is 14.3 Å². The Labute approximate surface area is 119 Å². The van der Waals surface area contributed by atoms with Crippen LogP contribution in [0.15, 0.2) is 24.4 Å². The molecule has 1 saturated heterocycles. The number of nitrogens with zero attached hydrogens (tertiary/aromatic N) is 4. The molecule has 3 heterocycles. The number of fused-ring (bicyclic) bond motifs is 1. The molecule has 0 amide bonds. The Morgan fingerprint density at radius 2 is 2.20 bits per heavy atom. The van der Waals surface area contributed by atoms with Gasteiger partial charge in [0.2, 0.25) is 0 Å². The Morgan fingerprint density at radius 3 is 2.90 bits per heavy atom. The van der Waals surface area contributed by atoms with Crippen LogP contribution in [0.5, 0.6) is 0 Å². The summed E-state index contributed by atoms with van der Waals surface area (Å²) in [5, 5.41) is 9.70. The molecule has 20 heavy (non-hydrogen) atoms. The quantitative estimate of drug-likeness (QED) is 0.918. The summed E-state index contributed by atoms with van der Waals surface area (Å²) in [5.41, 5.74) is 1.79. The van der Waals surface area contributed by atoms with Crippen LogP contribution in [0, 0.1) is 0 Å². The largest absolute Gasteiger partial charge is 0.390 e. The lowest BCUT2D eigenvalue weighted by atomic mass is 10.2. The number of anilines is 1. The van der Waals surface area contributed by atoms with Gasteiger partial charge in [-0.25, -0.2) is 4.98 Å². The minimum absolute atomic E-state index is 0.0168. The summed E-state index contributed by atoms with van der Waals surface area (Å²) >= 11 is 0. The number of imidazole rings is 1. The summed E-state index contributed by atoms with van der Waals surface area (Å²) in [4.78, 5) is 9.48. The van der Waals surface area contributed by atoms with E-state index in [-0.39, 0.29) is 6.61 Å². The zero-order chi connectivity index (χ0) is 14.1. The van der Waals surface area contributed by atoms with E-state index in [1.54, 1.807) is 0 Å². The van der Waals surface area contributed by atoms with Gasteiger partial charge in [0.15, 0.2) is 5.82 Å². The first-order valence-electron chi connectivity index (χ1n) is 7.30. The van der Waals surface area contributed by atoms with E-state index in [4.69, 9.17) is 4.98 Å². The molecule has 1 N–H and O–H groups in total. The number of aliphatic hydroxyl groups is 1. The van der Waals surface area contributed by atoms with Crippen molar-refractivity contribution >= 4 is 11.5 Å². The number of likely N-dealkylation sites (N-methyl/N-ethyl adjacent to an activating group) is 1. The van der Waals surface area contributed by atoms with Gasteiger partial charge in [-0.1, -0.05) is 13.0 Å². The fourth-order valence-electron chi connectivity index (χ4n) is 3.09. The van der Waals surface area contributed by atoms with Crippen molar-refractivity contribution in [1.29, 1.82) is 0 Å². The van der Waals surface area contributed by atoms with Crippen LogP contribution in [0.25, 0.3) is 5.65 Å². The fraction of sp³-hybridized carbons (Fsp3) is 0.533. The predicted molar refractivity (Wildman–Crippen MR) is 80.0 cm³/mol. The third-order valence-corrected chi connectivity index (χ3v) is 4.23. The lowest BCUT2D eigenvalue weighted by Crippen LogP contribution is -2.52. The average molecular weight is 274 g/mol. The van der Waals surface area contributed by atoms with Crippen LogP contribution in [0.1, 0.15) is 19.5 Å². The van der Waals surface area contributed by atoms with Gasteiger partial charge in [-0.15, -0.1) is 0 Å². The van der Waals surface area contributed by atoms with Gasteiger partial charge in [0, 0.05) is 31.9 Å². The molecule has 5 heteroatoms. The van der Waals surface area contributed by atoms with E-state index in [1.165, 1.54) is 0 Å². The summed E-state index contributed by atoms with van der Waals surface area (Å²) in [6.45, 7) is 8.55. The zero-order valence-electron chi connectivity index (χ0n) is 12.2. The Balaban J connectivity index is 1.94. The van der Waals surface area contributed by atoms with E-state index in [1.807, 2.05) is 28.8 Å². The lowest BCUT2D eigenvalue weighted by molar-refractivity contribution is 0.198. The van der Waals surface area contributed by atoms with E-state index in [0.717, 1.165) is 43.3 Å². The molecule has 0 radical (unpaired) electrons. The molecule has 0 aliphatic carbocycles. The lowest BCUT2D eigenvalue weighted by Gasteiger charge is -2.39. The van der Waals surface area contributed by atoms with E-state index >= 15 is 0 Å². The first-order valence-corrected chi connectivity index (χ1v) is 7.30. The van der Waals surface area contributed by atoms with Gasteiger partial charge in [0.1, 0.15) is 5.65 Å². The van der Waals surface area contributed by atoms with Crippen molar-refractivity contribution in [3.63, 3.8) is 0 Å². The molecule has 1 fully saturated rings. The summed E-state index contributed by atoms with van der Waals surface area (Å²) in [6.07, 6.45) is 1.96. The molecule has 0 saturated carbocycles. The van der Waals surface area contributed by atoms with E-state index in [2.05, 4.69) is 23.6 Å². The van der Waals surface area contributed by atoms with Gasteiger partial charge in [0.05, 0.1) is 12.3 Å². The van der Waals surface area contributed by atoms with Crippen LogP contribution in [0.3, 0.4) is 0 Å². The fourth-order valence-corrected chi connectivity index (χ4v) is 3.09. The van der Waals surface area contributed by atoms with E-state index < -0.39 is 0 Å². The Morgan fingerprint density at radius 1 is 1.35 bits per heavy atom. The molecule has 2 aromatic rings. The van der Waals surface area contributed by atoms with Gasteiger partial charge in [-0.3, -0.25) is 9.30 Å². The maximum Gasteiger partial charge on any atom is 0.153 e. The van der Waals surface area contributed by atoms with Crippen LogP contribution in [0.2, 0.25) is 0 Å². The molecule has 0 bridgehead atoms. The highest BCUT2D eigenvalue weighted by Crippen LogP contribution is 2.24. The van der Waals surface area contributed by atoms with Crippen molar-refractivity contribution < 1.29 is 5.11 Å². The van der Waals surface area contributed by atoms with Crippen LogP contribution in [-0.4, -0.2) is 51.6 Å². The second-order valence-electron chi connectivity index (χ2n) is 5.39. The number of piperazine rings is 1. The third kappa shape index (κ3) is 2.17. The molecule has 1 aliphatic heterocycles. The first-order chi connectivity index (χ1) is 9.74. The second-order valence-corrected chi connectivity index (χ2v) is 5.39. The van der Waals surface area contributed by atoms with Crippen LogP contribution < -0.4 is 4.90 Å². The van der Waals surface area contributed by atoms with Crippen molar-refractivity contribution in [3.05, 3.63) is 30.1 Å². The SMILES string of the molecule is CCN1CCN(c2nc3ccccn3c2CO)CC1C. The number of aliphatic hydroxyl groups excluding tert-OH is 1. The van der Waals surface area contributed by atoms with Crippen LogP contribution in [0.4, 0.5) is 5.82 Å². The number of rotatable bonds is 3. The summed E-state index contributed by atoms with van der Waals surface area (Å²) in [7, 11) is 0. The molecule has 2 aromatic heterocycles. The summed E-state index contributed by atoms with van der Waals surface area (Å²) < 4.78 is 1.98. The van der Waals surface area contributed by atoms with Gasteiger partial charge < -0.3 is 10.0 Å². The van der Waals surface area contributed by atoms with Gasteiger partial charge >= 0.3 is 0 Å². The summed E-state index contributed by atoms with van der Waals surface area (Å²) in [6, 6.07) is 6.44. The molecule has 108 valence electrons. The molecule has 1 aliphatic rings. The van der Waals surface area contributed by atoms with Crippen molar-refractivity contribution in [2.24, 2.45) is 0 Å². The Hall–Kier alpha value is -1.59. The van der Waals surface area contributed by atoms with E-state index in [0.29, 0.717) is 6.04 Å². The smallest absolute Gasteiger partial charge is 0.153 e. The van der Waals surface area contributed by atoms with Crippen molar-refractivity contribution in [2.75, 3.05) is 31.1 Å². The van der Waals surface area contributed by atoms with Gasteiger partial charge in [0.25, 0.3) is 0 Å². The number of hydrogen-bond acceptors (Lipinski definition) is 4. The predicted octanol–water partition coefficient (Wildman–Crippen LogP) is 1.36. The standard InChI is InChI=1S/C15H22N4O/c1-3-17-8-9-18(10-12(17)2)15-13(11-20)19-7-5-4-6-14(19)16-15/h4-7,12,20H,3,8-11H2,1-2H3. The Kier molecular flexibility index (Phi) is 3.63. The first kappa shape index (κ1) is 13.4. The topological polar surface area (TPSA) is 44.0 Å². The van der Waals surface area contributed by atoms with Crippen molar-refractivity contribution in [3.8, 4) is 0 Å². The monoisotopic (exact) mass is 274 g/mol. The molecular formula is C15H22N4O. The minimum atomic E-state index is 0.0168. The number of aromatic nitrogens is 2. The highest BCUT2D eigenvalue weighted by atomic mass is 16.3. The maximum atomic E-state index is 9.70. The third-order valence-electron chi connectivity index (χ3n) is 4.23. The normalized spacial score (nSPS) is 20.8. The highest BCUT2D eigenvalue weighted by molar-refractivity contribution is 5.56. The van der Waals surface area contributed by atoms with Crippen LogP contribution in [-0.2, 0) is 6.61 Å². The molecule has 0 aromatic carbocycles. The maximum absolute atomic E-state index is 9.70. The summed E-state index contributed by atoms with van der Waals surface area (Å²) in [5.74, 6) is 0.932. The second kappa shape index (κ2) is 5.42. The average Bonchev–Trinajstić information content (AvgIpc) is 2.85. The molecular weight excluding hydrogens is 252 g/mol. The highest BCUT2D eigenvalue weighted by Gasteiger charge is 2.26.